The SMILES string of the molecule is Cc1nn(C)cc1Nc1cnc(N)cc1C(=O)O. The largest absolute Gasteiger partial charge is 0.478 e. The Hall–Kier alpha value is -2.57. The minimum absolute atomic E-state index is 0.0748. The molecule has 0 amide bonds. The molecule has 0 saturated carbocycles. The summed E-state index contributed by atoms with van der Waals surface area (Å²) >= 11 is 0. The molecule has 18 heavy (non-hydrogen) atoms. The van der Waals surface area contributed by atoms with Gasteiger partial charge in [0.05, 0.1) is 28.8 Å². The number of nitrogen functional groups attached to an aromatic ring is 1. The van der Waals surface area contributed by atoms with Gasteiger partial charge in [-0.25, -0.2) is 9.78 Å². The molecular formula is C11H13N5O2. The van der Waals surface area contributed by atoms with Crippen LogP contribution in [0.25, 0.3) is 0 Å². The van der Waals surface area contributed by atoms with E-state index < -0.39 is 5.97 Å². The summed E-state index contributed by atoms with van der Waals surface area (Å²) in [6, 6.07) is 1.32. The maximum atomic E-state index is 11.1. The van der Waals surface area contributed by atoms with Crippen LogP contribution in [-0.4, -0.2) is 25.8 Å². The molecule has 2 aromatic heterocycles. The number of nitrogens with two attached hydrogens (primary N) is 1. The smallest absolute Gasteiger partial charge is 0.338 e. The lowest BCUT2D eigenvalue weighted by molar-refractivity contribution is 0.0698. The van der Waals surface area contributed by atoms with Crippen LogP contribution < -0.4 is 11.1 Å². The highest BCUT2D eigenvalue weighted by atomic mass is 16.4. The minimum atomic E-state index is -1.06. The van der Waals surface area contributed by atoms with Gasteiger partial charge in [0.15, 0.2) is 0 Å². The molecule has 2 heterocycles. The van der Waals surface area contributed by atoms with E-state index in [2.05, 4.69) is 15.4 Å². The van der Waals surface area contributed by atoms with Gasteiger partial charge in [-0.1, -0.05) is 0 Å². The molecule has 0 aromatic carbocycles. The van der Waals surface area contributed by atoms with Crippen LogP contribution in [0.3, 0.4) is 0 Å². The van der Waals surface area contributed by atoms with Gasteiger partial charge in [0.2, 0.25) is 0 Å². The number of hydrogen-bond donors (Lipinski definition) is 3. The van der Waals surface area contributed by atoms with Crippen molar-refractivity contribution in [3.63, 3.8) is 0 Å². The van der Waals surface area contributed by atoms with Gasteiger partial charge in [0.1, 0.15) is 5.82 Å². The fraction of sp³-hybridized carbons (Fsp3) is 0.182. The fourth-order valence-electron chi connectivity index (χ4n) is 1.62. The van der Waals surface area contributed by atoms with Gasteiger partial charge in [-0.15, -0.1) is 0 Å². The maximum absolute atomic E-state index is 11.1. The zero-order valence-electron chi connectivity index (χ0n) is 10.0. The van der Waals surface area contributed by atoms with E-state index in [-0.39, 0.29) is 11.4 Å². The van der Waals surface area contributed by atoms with E-state index in [0.717, 1.165) is 11.4 Å². The Bertz CT molecular complexity index is 605. The predicted molar refractivity (Wildman–Crippen MR) is 66.8 cm³/mol. The highest BCUT2D eigenvalue weighted by Gasteiger charge is 2.13. The van der Waals surface area contributed by atoms with Gasteiger partial charge < -0.3 is 16.2 Å². The number of nitrogens with one attached hydrogen (secondary N) is 1. The molecule has 0 unspecified atom stereocenters. The second-order valence-electron chi connectivity index (χ2n) is 3.89. The van der Waals surface area contributed by atoms with Crippen molar-refractivity contribution in [3.05, 3.63) is 29.7 Å². The zero-order valence-corrected chi connectivity index (χ0v) is 10.0. The first-order valence-corrected chi connectivity index (χ1v) is 5.23. The molecule has 0 radical (unpaired) electrons. The Morgan fingerprint density at radius 1 is 1.50 bits per heavy atom. The monoisotopic (exact) mass is 247 g/mol. The van der Waals surface area contributed by atoms with Crippen molar-refractivity contribution >= 4 is 23.2 Å². The Balaban J connectivity index is 2.40. The number of nitrogens with zero attached hydrogens (tertiary/aromatic N) is 3. The van der Waals surface area contributed by atoms with Crippen LogP contribution in [0.1, 0.15) is 16.1 Å². The summed E-state index contributed by atoms with van der Waals surface area (Å²) in [6.45, 7) is 1.83. The van der Waals surface area contributed by atoms with Crippen LogP contribution in [0, 0.1) is 6.92 Å². The summed E-state index contributed by atoms with van der Waals surface area (Å²) < 4.78 is 1.64. The average molecular weight is 247 g/mol. The molecule has 0 saturated heterocycles. The second kappa shape index (κ2) is 4.36. The summed E-state index contributed by atoms with van der Waals surface area (Å²) in [5, 5.41) is 16.2. The van der Waals surface area contributed by atoms with Gasteiger partial charge in [0.25, 0.3) is 0 Å². The Labute approximate surface area is 103 Å². The minimum Gasteiger partial charge on any atom is -0.478 e. The van der Waals surface area contributed by atoms with Crippen molar-refractivity contribution in [1.29, 1.82) is 0 Å². The zero-order chi connectivity index (χ0) is 13.3. The third kappa shape index (κ3) is 2.24. The molecule has 0 bridgehead atoms. The van der Waals surface area contributed by atoms with Gasteiger partial charge in [-0.05, 0) is 13.0 Å². The van der Waals surface area contributed by atoms with E-state index in [1.807, 2.05) is 6.92 Å². The standard InChI is InChI=1S/C11H13N5O2/c1-6-9(5-16(2)15-6)14-8-4-13-10(12)3-7(8)11(17)18/h3-5,14H,1-2H3,(H2,12,13)(H,17,18). The molecule has 7 nitrogen and oxygen atoms in total. The normalized spacial score (nSPS) is 10.3. The molecule has 0 aliphatic rings. The van der Waals surface area contributed by atoms with E-state index in [1.165, 1.54) is 12.3 Å². The number of aryl methyl sites for hydroxylation is 2. The van der Waals surface area contributed by atoms with Crippen LogP contribution in [0.5, 0.6) is 0 Å². The third-order valence-corrected chi connectivity index (χ3v) is 2.44. The molecule has 0 aliphatic heterocycles. The van der Waals surface area contributed by atoms with E-state index in [0.29, 0.717) is 5.69 Å². The Morgan fingerprint density at radius 3 is 2.78 bits per heavy atom. The van der Waals surface area contributed by atoms with Crippen molar-refractivity contribution in [2.45, 2.75) is 6.92 Å². The van der Waals surface area contributed by atoms with Crippen LogP contribution in [0.4, 0.5) is 17.2 Å². The van der Waals surface area contributed by atoms with Crippen LogP contribution >= 0.6 is 0 Å². The lowest BCUT2D eigenvalue weighted by atomic mass is 10.2. The summed E-state index contributed by atoms with van der Waals surface area (Å²) in [6.07, 6.45) is 3.16. The summed E-state index contributed by atoms with van der Waals surface area (Å²) in [4.78, 5) is 15.0. The molecule has 7 heteroatoms. The van der Waals surface area contributed by atoms with Crippen molar-refractivity contribution in [2.75, 3.05) is 11.1 Å². The lowest BCUT2D eigenvalue weighted by Crippen LogP contribution is -2.05. The molecule has 0 aliphatic carbocycles. The molecular weight excluding hydrogens is 234 g/mol. The fourth-order valence-corrected chi connectivity index (χ4v) is 1.62. The van der Waals surface area contributed by atoms with Crippen molar-refractivity contribution < 1.29 is 9.90 Å². The number of pyridine rings is 1. The highest BCUT2D eigenvalue weighted by Crippen LogP contribution is 2.23. The van der Waals surface area contributed by atoms with Gasteiger partial charge in [0, 0.05) is 13.2 Å². The lowest BCUT2D eigenvalue weighted by Gasteiger charge is -2.08. The molecule has 2 aromatic rings. The van der Waals surface area contributed by atoms with E-state index in [9.17, 15) is 4.79 Å². The third-order valence-electron chi connectivity index (χ3n) is 2.44. The highest BCUT2D eigenvalue weighted by molar-refractivity contribution is 5.95. The number of anilines is 3. The first-order chi connectivity index (χ1) is 8.47. The van der Waals surface area contributed by atoms with E-state index in [4.69, 9.17) is 10.8 Å². The van der Waals surface area contributed by atoms with Gasteiger partial charge in [-0.2, -0.15) is 5.10 Å². The predicted octanol–water partition coefficient (Wildman–Crippen LogP) is 1.15. The van der Waals surface area contributed by atoms with Crippen molar-refractivity contribution in [1.82, 2.24) is 14.8 Å². The van der Waals surface area contributed by atoms with Crippen LogP contribution in [0.2, 0.25) is 0 Å². The summed E-state index contributed by atoms with van der Waals surface area (Å²) in [7, 11) is 1.79. The molecule has 0 atom stereocenters. The summed E-state index contributed by atoms with van der Waals surface area (Å²) in [5.74, 6) is -0.894. The summed E-state index contributed by atoms with van der Waals surface area (Å²) in [5.41, 5.74) is 7.43. The molecule has 0 fully saturated rings. The average Bonchev–Trinajstić information content (AvgIpc) is 2.60. The number of carboxylic acids is 1. The number of aromatic carboxylic acids is 1. The van der Waals surface area contributed by atoms with Crippen LogP contribution in [-0.2, 0) is 7.05 Å². The maximum Gasteiger partial charge on any atom is 0.338 e. The van der Waals surface area contributed by atoms with Crippen molar-refractivity contribution in [2.24, 2.45) is 7.05 Å². The Morgan fingerprint density at radius 2 is 2.22 bits per heavy atom. The van der Waals surface area contributed by atoms with Gasteiger partial charge >= 0.3 is 5.97 Å². The number of aromatic nitrogens is 3. The van der Waals surface area contributed by atoms with Crippen molar-refractivity contribution in [3.8, 4) is 0 Å². The quantitative estimate of drug-likeness (QED) is 0.751. The number of hydrogen-bond acceptors (Lipinski definition) is 5. The number of carboxylic acid groups (broad SMARTS) is 1. The topological polar surface area (TPSA) is 106 Å². The first kappa shape index (κ1) is 11.9. The Kier molecular flexibility index (Phi) is 2.88. The number of carbonyl (C=O) groups is 1. The molecule has 2 rings (SSSR count). The van der Waals surface area contributed by atoms with Gasteiger partial charge in [-0.3, -0.25) is 4.68 Å². The first-order valence-electron chi connectivity index (χ1n) is 5.23. The van der Waals surface area contributed by atoms with E-state index in [1.54, 1.807) is 17.9 Å². The second-order valence-corrected chi connectivity index (χ2v) is 3.89. The molecule has 4 N–H and O–H groups in total. The van der Waals surface area contributed by atoms with E-state index >= 15 is 0 Å². The molecule has 94 valence electrons. The van der Waals surface area contributed by atoms with Crippen LogP contribution in [0.15, 0.2) is 18.5 Å². The number of rotatable bonds is 3. The molecule has 0 spiro atoms.